The fraction of sp³-hybridized carbons (Fsp3) is 0.800. The van der Waals surface area contributed by atoms with E-state index >= 15 is 0 Å². The Hall–Kier alpha value is 0.524. The molecule has 0 saturated carbocycles. The van der Waals surface area contributed by atoms with Crippen LogP contribution in [-0.4, -0.2) is 27.7 Å². The zero-order valence-corrected chi connectivity index (χ0v) is 12.6. The van der Waals surface area contributed by atoms with Gasteiger partial charge in [0, 0.05) is 11.5 Å². The predicted octanol–water partition coefficient (Wildman–Crippen LogP) is 3.78. The van der Waals surface area contributed by atoms with Gasteiger partial charge in [-0.15, -0.1) is 0 Å². The molecule has 0 amide bonds. The first-order valence-electron chi connectivity index (χ1n) is 5.03. The molecule has 1 heterocycles. The van der Waals surface area contributed by atoms with E-state index in [-0.39, 0.29) is 0 Å². The number of rotatable bonds is 2. The quantitative estimate of drug-likeness (QED) is 0.651. The van der Waals surface area contributed by atoms with Crippen molar-refractivity contribution in [1.82, 2.24) is 0 Å². The molecule has 1 aliphatic rings. The third kappa shape index (κ3) is 2.73. The molecule has 1 rings (SSSR count). The van der Waals surface area contributed by atoms with Crippen molar-refractivity contribution in [1.29, 1.82) is 0 Å². The molecule has 0 saturated heterocycles. The van der Waals surface area contributed by atoms with Gasteiger partial charge < -0.3 is 0 Å². The van der Waals surface area contributed by atoms with Gasteiger partial charge in [0.15, 0.2) is 0 Å². The van der Waals surface area contributed by atoms with Crippen LogP contribution in [0.15, 0.2) is 10.4 Å². The summed E-state index contributed by atoms with van der Waals surface area (Å²) in [6.07, 6.45) is 0. The summed E-state index contributed by atoms with van der Waals surface area (Å²) in [7, 11) is -2.01. The smallest absolute Gasteiger partial charge is 0.0730 e. The molecule has 0 aromatic rings. The highest BCUT2D eigenvalue weighted by Gasteiger charge is 2.32. The lowest BCUT2D eigenvalue weighted by molar-refractivity contribution is 1.48. The molecule has 0 N–H and O–H groups in total. The first kappa shape index (κ1) is 11.6. The zero-order valence-electron chi connectivity index (χ0n) is 9.82. The number of hydrogen-bond acceptors (Lipinski definition) is 1. The van der Waals surface area contributed by atoms with Gasteiger partial charge in [-0.1, -0.05) is 49.7 Å². The summed E-state index contributed by atoms with van der Waals surface area (Å²) >= 11 is 2.14. The molecular formula is C10H22SSi2. The van der Waals surface area contributed by atoms with Crippen molar-refractivity contribution < 1.29 is 0 Å². The largest absolute Gasteiger partial charge is 0.154 e. The van der Waals surface area contributed by atoms with Crippen LogP contribution in [0.3, 0.4) is 0 Å². The van der Waals surface area contributed by atoms with E-state index in [1.807, 2.05) is 10.4 Å². The number of thioether (sulfide) groups is 1. The van der Waals surface area contributed by atoms with Crippen molar-refractivity contribution in [2.75, 3.05) is 11.5 Å². The van der Waals surface area contributed by atoms with E-state index in [0.29, 0.717) is 0 Å². The zero-order chi connectivity index (χ0) is 10.3. The van der Waals surface area contributed by atoms with Crippen molar-refractivity contribution in [2.45, 2.75) is 39.3 Å². The van der Waals surface area contributed by atoms with Crippen molar-refractivity contribution in [3.63, 3.8) is 0 Å². The van der Waals surface area contributed by atoms with E-state index in [9.17, 15) is 0 Å². The second kappa shape index (κ2) is 3.59. The molecule has 0 atom stereocenters. The fourth-order valence-corrected chi connectivity index (χ4v) is 11.2. The Morgan fingerprint density at radius 1 is 0.769 bits per heavy atom. The summed E-state index contributed by atoms with van der Waals surface area (Å²) in [5.41, 5.74) is 0. The summed E-state index contributed by atoms with van der Waals surface area (Å²) in [5, 5.41) is 3.77. The van der Waals surface area contributed by atoms with Crippen LogP contribution in [0, 0.1) is 0 Å². The van der Waals surface area contributed by atoms with Crippen LogP contribution in [0.25, 0.3) is 0 Å². The highest BCUT2D eigenvalue weighted by atomic mass is 32.2. The average molecular weight is 231 g/mol. The van der Waals surface area contributed by atoms with Gasteiger partial charge in [-0.2, -0.15) is 11.8 Å². The molecule has 0 spiro atoms. The molecule has 3 heteroatoms. The van der Waals surface area contributed by atoms with E-state index in [1.165, 1.54) is 11.5 Å². The molecule has 0 fully saturated rings. The van der Waals surface area contributed by atoms with Crippen LogP contribution in [0.2, 0.25) is 39.3 Å². The molecular weight excluding hydrogens is 208 g/mol. The van der Waals surface area contributed by atoms with Crippen LogP contribution >= 0.6 is 11.8 Å². The van der Waals surface area contributed by atoms with Gasteiger partial charge in [0.1, 0.15) is 0 Å². The fourth-order valence-electron chi connectivity index (χ4n) is 1.77. The molecule has 0 bridgehead atoms. The summed E-state index contributed by atoms with van der Waals surface area (Å²) in [4.78, 5) is 0. The first-order chi connectivity index (χ1) is 5.73. The lowest BCUT2D eigenvalue weighted by Crippen LogP contribution is -2.33. The third-order valence-corrected chi connectivity index (χ3v) is 8.99. The van der Waals surface area contributed by atoms with Crippen LogP contribution in [0.4, 0.5) is 0 Å². The normalized spacial score (nSPS) is 19.8. The van der Waals surface area contributed by atoms with Gasteiger partial charge in [-0.25, -0.2) is 0 Å². The Morgan fingerprint density at radius 2 is 1.08 bits per heavy atom. The van der Waals surface area contributed by atoms with E-state index in [4.69, 9.17) is 0 Å². The first-order valence-corrected chi connectivity index (χ1v) is 13.2. The average Bonchev–Trinajstić information content (AvgIpc) is 2.27. The van der Waals surface area contributed by atoms with Gasteiger partial charge in [-0.3, -0.25) is 0 Å². The van der Waals surface area contributed by atoms with E-state index in [2.05, 4.69) is 51.0 Å². The van der Waals surface area contributed by atoms with Crippen LogP contribution < -0.4 is 0 Å². The van der Waals surface area contributed by atoms with Crippen molar-refractivity contribution in [3.05, 3.63) is 10.4 Å². The molecule has 1 aliphatic heterocycles. The van der Waals surface area contributed by atoms with Crippen LogP contribution in [0.1, 0.15) is 0 Å². The monoisotopic (exact) mass is 230 g/mol. The van der Waals surface area contributed by atoms with E-state index in [0.717, 1.165) is 0 Å². The Bertz CT molecular complexity index is 206. The van der Waals surface area contributed by atoms with Gasteiger partial charge >= 0.3 is 0 Å². The Balaban J connectivity index is 3.04. The maximum Gasteiger partial charge on any atom is 0.0730 e. The highest BCUT2D eigenvalue weighted by Crippen LogP contribution is 2.35. The Kier molecular flexibility index (Phi) is 3.20. The summed E-state index contributed by atoms with van der Waals surface area (Å²) < 4.78 is 0. The summed E-state index contributed by atoms with van der Waals surface area (Å²) in [6, 6.07) is 0. The minimum absolute atomic E-state index is 1.00. The van der Waals surface area contributed by atoms with E-state index < -0.39 is 16.1 Å². The van der Waals surface area contributed by atoms with Gasteiger partial charge in [0.05, 0.1) is 16.1 Å². The lowest BCUT2D eigenvalue weighted by Gasteiger charge is -2.26. The highest BCUT2D eigenvalue weighted by molar-refractivity contribution is 8.00. The molecule has 0 nitrogen and oxygen atoms in total. The molecule has 0 radical (unpaired) electrons. The summed E-state index contributed by atoms with van der Waals surface area (Å²) in [6.45, 7) is 15.0. The molecule has 0 aromatic heterocycles. The van der Waals surface area contributed by atoms with Crippen molar-refractivity contribution >= 4 is 27.9 Å². The second-order valence-electron chi connectivity index (χ2n) is 5.95. The molecule has 13 heavy (non-hydrogen) atoms. The second-order valence-corrected chi connectivity index (χ2v) is 17.1. The topological polar surface area (TPSA) is 0 Å². The lowest BCUT2D eigenvalue weighted by atomic mass is 10.6. The Morgan fingerprint density at radius 3 is 1.31 bits per heavy atom. The minimum Gasteiger partial charge on any atom is -0.154 e. The van der Waals surface area contributed by atoms with Crippen LogP contribution in [-0.2, 0) is 0 Å². The summed E-state index contributed by atoms with van der Waals surface area (Å²) in [5.74, 6) is 2.69. The third-order valence-electron chi connectivity index (χ3n) is 2.67. The van der Waals surface area contributed by atoms with Crippen molar-refractivity contribution in [3.8, 4) is 0 Å². The molecule has 0 unspecified atom stereocenters. The van der Waals surface area contributed by atoms with Gasteiger partial charge in [0.25, 0.3) is 0 Å². The van der Waals surface area contributed by atoms with Crippen molar-refractivity contribution in [2.24, 2.45) is 0 Å². The number of hydrogen-bond donors (Lipinski definition) is 0. The van der Waals surface area contributed by atoms with Gasteiger partial charge in [0.2, 0.25) is 0 Å². The maximum atomic E-state index is 2.49. The predicted molar refractivity (Wildman–Crippen MR) is 71.0 cm³/mol. The standard InChI is InChI=1S/C10H22SSi2/c1-12(2,3)9-7-11-8-10(9)13(4,5)6/h7-8H2,1-6H3. The molecule has 76 valence electrons. The molecule has 0 aliphatic carbocycles. The minimum atomic E-state index is -1.00. The maximum absolute atomic E-state index is 2.49. The van der Waals surface area contributed by atoms with Crippen LogP contribution in [0.5, 0.6) is 0 Å². The van der Waals surface area contributed by atoms with Gasteiger partial charge in [-0.05, 0) is 0 Å². The van der Waals surface area contributed by atoms with E-state index in [1.54, 1.807) is 0 Å². The molecule has 0 aromatic carbocycles. The Labute approximate surface area is 89.2 Å². The SMILES string of the molecule is C[Si](C)(C)C1=C([Si](C)(C)C)CSC1.